The summed E-state index contributed by atoms with van der Waals surface area (Å²) in [4.78, 5) is 10.2. The third kappa shape index (κ3) is 4.83. The molecule has 0 atom stereocenters. The summed E-state index contributed by atoms with van der Waals surface area (Å²) in [6.07, 6.45) is 1.33. The zero-order valence-electron chi connectivity index (χ0n) is 9.01. The first kappa shape index (κ1) is 13.5. The molecule has 0 aliphatic carbocycles. The minimum absolute atomic E-state index is 0.0394. The molecule has 96 valence electrons. The van der Waals surface area contributed by atoms with Crippen LogP contribution in [0.4, 0.5) is 5.82 Å². The van der Waals surface area contributed by atoms with Crippen molar-refractivity contribution in [2.75, 3.05) is 11.5 Å². The number of nitrogens with zero attached hydrogens (tertiary/aromatic N) is 1. The molecule has 5 N–H and O–H groups in total. The monoisotopic (exact) mass is 262 g/mol. The fraction of sp³-hybridized carbons (Fsp3) is 0.500. The van der Waals surface area contributed by atoms with Gasteiger partial charge in [0.05, 0.1) is 11.9 Å². The number of carboxylic acid groups (broad SMARTS) is 1. The van der Waals surface area contributed by atoms with Gasteiger partial charge in [0.15, 0.2) is 0 Å². The summed E-state index contributed by atoms with van der Waals surface area (Å²) >= 11 is 0. The van der Waals surface area contributed by atoms with E-state index in [1.54, 1.807) is 0 Å². The van der Waals surface area contributed by atoms with E-state index < -0.39 is 16.0 Å². The maximum Gasteiger partial charge on any atom is 0.303 e. The number of anilines is 1. The van der Waals surface area contributed by atoms with Gasteiger partial charge in [0.1, 0.15) is 5.82 Å². The molecular weight excluding hydrogens is 248 g/mol. The van der Waals surface area contributed by atoms with E-state index in [0.717, 1.165) is 0 Å². The van der Waals surface area contributed by atoms with E-state index in [1.165, 1.54) is 6.20 Å². The fourth-order valence-corrected chi connectivity index (χ4v) is 2.18. The second kappa shape index (κ2) is 5.64. The summed E-state index contributed by atoms with van der Waals surface area (Å²) < 4.78 is 25.2. The molecule has 17 heavy (non-hydrogen) atoms. The number of aliphatic carboxylic acids is 1. The van der Waals surface area contributed by atoms with Crippen molar-refractivity contribution < 1.29 is 18.3 Å². The van der Waals surface area contributed by atoms with Crippen molar-refractivity contribution in [2.45, 2.75) is 19.4 Å². The Morgan fingerprint density at radius 2 is 2.29 bits per heavy atom. The van der Waals surface area contributed by atoms with Gasteiger partial charge in [0, 0.05) is 18.5 Å². The van der Waals surface area contributed by atoms with Crippen LogP contribution in [0, 0.1) is 0 Å². The molecular formula is C8H14N4O4S. The number of nitrogens with one attached hydrogen (secondary N) is 2. The molecule has 0 bridgehead atoms. The number of rotatable bonds is 7. The molecule has 0 aliphatic rings. The quantitative estimate of drug-likeness (QED) is 0.511. The number of carboxylic acids is 1. The van der Waals surface area contributed by atoms with Crippen LogP contribution in [0.3, 0.4) is 0 Å². The van der Waals surface area contributed by atoms with Crippen molar-refractivity contribution in [3.63, 3.8) is 0 Å². The molecule has 0 fully saturated rings. The van der Waals surface area contributed by atoms with Crippen LogP contribution >= 0.6 is 0 Å². The Kier molecular flexibility index (Phi) is 4.46. The number of nitrogens with two attached hydrogens (primary N) is 1. The smallest absolute Gasteiger partial charge is 0.303 e. The van der Waals surface area contributed by atoms with Crippen molar-refractivity contribution >= 4 is 21.8 Å². The number of hydrogen-bond donors (Lipinski definition) is 4. The molecule has 1 aromatic rings. The minimum Gasteiger partial charge on any atom is -0.481 e. The van der Waals surface area contributed by atoms with Gasteiger partial charge in [0.25, 0.3) is 0 Å². The van der Waals surface area contributed by atoms with Crippen molar-refractivity contribution in [3.8, 4) is 0 Å². The Morgan fingerprint density at radius 3 is 2.82 bits per heavy atom. The number of nitrogen functional groups attached to an aromatic ring is 1. The van der Waals surface area contributed by atoms with Crippen LogP contribution in [0.2, 0.25) is 0 Å². The number of aromatic nitrogens is 2. The molecule has 1 rings (SSSR count). The predicted molar refractivity (Wildman–Crippen MR) is 60.5 cm³/mol. The standard InChI is InChI=1S/C8H14N4O4S/c9-8-6(4-10-12-8)5-11-17(15,16)3-1-2-7(13)14/h4,11H,1-3,5H2,(H,13,14)(H3,9,10,12). The molecule has 0 saturated heterocycles. The largest absolute Gasteiger partial charge is 0.481 e. The fourth-order valence-electron chi connectivity index (χ4n) is 1.14. The van der Waals surface area contributed by atoms with E-state index in [1.807, 2.05) is 0 Å². The average Bonchev–Trinajstić information content (AvgIpc) is 2.60. The van der Waals surface area contributed by atoms with Crippen molar-refractivity contribution in [1.29, 1.82) is 0 Å². The van der Waals surface area contributed by atoms with Crippen LogP contribution in [0.25, 0.3) is 0 Å². The second-order valence-corrected chi connectivity index (χ2v) is 5.37. The highest BCUT2D eigenvalue weighted by Crippen LogP contribution is 2.06. The van der Waals surface area contributed by atoms with Gasteiger partial charge in [-0.2, -0.15) is 5.10 Å². The lowest BCUT2D eigenvalue weighted by atomic mass is 10.3. The van der Waals surface area contributed by atoms with E-state index >= 15 is 0 Å². The summed E-state index contributed by atoms with van der Waals surface area (Å²) in [6.45, 7) is 0.0394. The highest BCUT2D eigenvalue weighted by Gasteiger charge is 2.12. The lowest BCUT2D eigenvalue weighted by Gasteiger charge is -2.04. The number of H-pyrrole nitrogens is 1. The highest BCUT2D eigenvalue weighted by atomic mass is 32.2. The van der Waals surface area contributed by atoms with Gasteiger partial charge >= 0.3 is 5.97 Å². The lowest BCUT2D eigenvalue weighted by Crippen LogP contribution is -2.26. The topological polar surface area (TPSA) is 138 Å². The Balaban J connectivity index is 2.40. The molecule has 0 aliphatic heterocycles. The van der Waals surface area contributed by atoms with E-state index in [4.69, 9.17) is 10.8 Å². The van der Waals surface area contributed by atoms with E-state index in [-0.39, 0.29) is 25.1 Å². The molecule has 0 aromatic carbocycles. The first-order valence-corrected chi connectivity index (χ1v) is 6.53. The van der Waals surface area contributed by atoms with Crippen LogP contribution < -0.4 is 10.5 Å². The molecule has 0 radical (unpaired) electrons. The van der Waals surface area contributed by atoms with Gasteiger partial charge in [-0.3, -0.25) is 9.89 Å². The summed E-state index contributed by atoms with van der Waals surface area (Å²) in [6, 6.07) is 0. The molecule has 8 nitrogen and oxygen atoms in total. The average molecular weight is 262 g/mol. The molecule has 1 heterocycles. The summed E-state index contributed by atoms with van der Waals surface area (Å²) in [7, 11) is -3.48. The normalized spacial score (nSPS) is 11.5. The maximum absolute atomic E-state index is 11.4. The van der Waals surface area contributed by atoms with E-state index in [2.05, 4.69) is 14.9 Å². The molecule has 0 spiro atoms. The zero-order chi connectivity index (χ0) is 12.9. The van der Waals surface area contributed by atoms with Gasteiger partial charge in [-0.25, -0.2) is 13.1 Å². The van der Waals surface area contributed by atoms with Gasteiger partial charge in [-0.05, 0) is 6.42 Å². The lowest BCUT2D eigenvalue weighted by molar-refractivity contribution is -0.137. The van der Waals surface area contributed by atoms with Crippen LogP contribution in [0.5, 0.6) is 0 Å². The first-order valence-electron chi connectivity index (χ1n) is 4.87. The molecule has 0 saturated carbocycles. The minimum atomic E-state index is -3.48. The Morgan fingerprint density at radius 1 is 1.59 bits per heavy atom. The third-order valence-electron chi connectivity index (χ3n) is 2.04. The van der Waals surface area contributed by atoms with Gasteiger partial charge in [-0.15, -0.1) is 0 Å². The van der Waals surface area contributed by atoms with Crippen LogP contribution in [0.1, 0.15) is 18.4 Å². The van der Waals surface area contributed by atoms with Crippen molar-refractivity contribution in [2.24, 2.45) is 0 Å². The van der Waals surface area contributed by atoms with Crippen LogP contribution in [0.15, 0.2) is 6.20 Å². The second-order valence-electron chi connectivity index (χ2n) is 3.45. The van der Waals surface area contributed by atoms with Crippen LogP contribution in [-0.2, 0) is 21.4 Å². The first-order chi connectivity index (χ1) is 7.91. The molecule has 0 amide bonds. The zero-order valence-corrected chi connectivity index (χ0v) is 9.83. The van der Waals surface area contributed by atoms with E-state index in [0.29, 0.717) is 11.4 Å². The number of carbonyl (C=O) groups is 1. The highest BCUT2D eigenvalue weighted by molar-refractivity contribution is 7.89. The molecule has 9 heteroatoms. The number of hydrogen-bond acceptors (Lipinski definition) is 5. The maximum atomic E-state index is 11.4. The van der Waals surface area contributed by atoms with E-state index in [9.17, 15) is 13.2 Å². The predicted octanol–water partition coefficient (Wildman–Crippen LogP) is -0.724. The van der Waals surface area contributed by atoms with Crippen LogP contribution in [-0.4, -0.2) is 35.4 Å². The van der Waals surface area contributed by atoms with Crippen molar-refractivity contribution in [1.82, 2.24) is 14.9 Å². The number of sulfonamides is 1. The SMILES string of the molecule is Nc1[nH]ncc1CNS(=O)(=O)CCCC(=O)O. The molecule has 0 unspecified atom stereocenters. The third-order valence-corrected chi connectivity index (χ3v) is 3.45. The Bertz CT molecular complexity index is 481. The van der Waals surface area contributed by atoms with Gasteiger partial charge in [-0.1, -0.05) is 0 Å². The summed E-state index contributed by atoms with van der Waals surface area (Å²) in [5.74, 6) is -0.936. The number of aromatic amines is 1. The Labute approximate surface area is 98.3 Å². The Hall–Kier alpha value is -1.61. The molecule has 1 aromatic heterocycles. The summed E-state index contributed by atoms with van der Waals surface area (Å²) in [5, 5.41) is 14.5. The van der Waals surface area contributed by atoms with Crippen molar-refractivity contribution in [3.05, 3.63) is 11.8 Å². The van der Waals surface area contributed by atoms with Gasteiger partial charge in [0.2, 0.25) is 10.0 Å². The van der Waals surface area contributed by atoms with Gasteiger partial charge < -0.3 is 10.8 Å². The summed E-state index contributed by atoms with van der Waals surface area (Å²) in [5.41, 5.74) is 6.03.